The molecule has 0 saturated carbocycles. The normalized spacial score (nSPS) is 11.5. The van der Waals surface area contributed by atoms with Crippen molar-refractivity contribution in [3.63, 3.8) is 0 Å². The predicted molar refractivity (Wildman–Crippen MR) is 213 cm³/mol. The number of hydrogen-bond donors (Lipinski definition) is 0. The van der Waals surface area contributed by atoms with Gasteiger partial charge in [-0.2, -0.15) is 0 Å². The van der Waals surface area contributed by atoms with Crippen LogP contribution in [0.25, 0.3) is 94.1 Å². The maximum absolute atomic E-state index is 5.58. The zero-order valence-corrected chi connectivity index (χ0v) is 27.7. The standard InChI is InChI=1S/C48H31N3/c1-4-14-32(15-5-1)33-24-26-36(27-25-33)47-48(51-45-23-13-12-22-39(45)42-28-37-20-10-11-21-38(37)29-46(42)51)50-44-31-41(35-18-8-3-9-19-35)40(30-43(44)49-47)34-16-6-2-7-17-34/h1-31H. The fraction of sp³-hybridized carbons (Fsp3) is 0. The van der Waals surface area contributed by atoms with Crippen molar-refractivity contribution in [2.45, 2.75) is 0 Å². The topological polar surface area (TPSA) is 30.7 Å². The van der Waals surface area contributed by atoms with Crippen LogP contribution < -0.4 is 0 Å². The number of benzene rings is 8. The van der Waals surface area contributed by atoms with E-state index in [1.165, 1.54) is 27.1 Å². The third-order valence-corrected chi connectivity index (χ3v) is 9.97. The number of nitrogens with zero attached hydrogens (tertiary/aromatic N) is 3. The van der Waals surface area contributed by atoms with Crippen LogP contribution in [0.3, 0.4) is 0 Å². The smallest absolute Gasteiger partial charge is 0.165 e. The zero-order chi connectivity index (χ0) is 33.7. The van der Waals surface area contributed by atoms with Crippen LogP contribution in [0.4, 0.5) is 0 Å². The van der Waals surface area contributed by atoms with Crippen LogP contribution in [0.15, 0.2) is 188 Å². The number of para-hydroxylation sites is 1. The van der Waals surface area contributed by atoms with Crippen LogP contribution in [0.1, 0.15) is 0 Å². The molecule has 0 aliphatic carbocycles. The summed E-state index contributed by atoms with van der Waals surface area (Å²) in [6.07, 6.45) is 0. The first kappa shape index (κ1) is 29.1. The monoisotopic (exact) mass is 649 g/mol. The van der Waals surface area contributed by atoms with Gasteiger partial charge in [-0.25, -0.2) is 9.97 Å². The first-order valence-electron chi connectivity index (χ1n) is 17.3. The van der Waals surface area contributed by atoms with Crippen molar-refractivity contribution in [2.24, 2.45) is 0 Å². The van der Waals surface area contributed by atoms with Gasteiger partial charge < -0.3 is 0 Å². The molecule has 0 fully saturated rings. The molecule has 0 saturated heterocycles. The SMILES string of the molecule is c1ccc(-c2ccc(-c3nc4cc(-c5ccccc5)c(-c5ccccc5)cc4nc3-n3c4ccccc4c4cc5ccccc5cc43)cc2)cc1. The molecule has 0 amide bonds. The highest BCUT2D eigenvalue weighted by Gasteiger charge is 2.21. The fourth-order valence-corrected chi connectivity index (χ4v) is 7.49. The molecule has 2 aromatic heterocycles. The number of rotatable bonds is 5. The molecular formula is C48H31N3. The molecule has 0 spiro atoms. The average molecular weight is 650 g/mol. The van der Waals surface area contributed by atoms with E-state index in [1.54, 1.807) is 0 Å². The Balaban J connectivity index is 1.30. The molecule has 10 rings (SSSR count). The number of fused-ring (bicyclic) bond motifs is 5. The molecule has 0 aliphatic rings. The predicted octanol–water partition coefficient (Wildman–Crippen LogP) is 12.5. The van der Waals surface area contributed by atoms with E-state index in [0.717, 1.165) is 67.0 Å². The molecule has 8 aromatic carbocycles. The van der Waals surface area contributed by atoms with Crippen molar-refractivity contribution in [1.29, 1.82) is 0 Å². The number of hydrogen-bond acceptors (Lipinski definition) is 2. The highest BCUT2D eigenvalue weighted by Crippen LogP contribution is 2.40. The minimum Gasteiger partial charge on any atom is -0.292 e. The molecule has 0 unspecified atom stereocenters. The third kappa shape index (κ3) is 4.98. The summed E-state index contributed by atoms with van der Waals surface area (Å²) in [5.74, 6) is 0.808. The maximum Gasteiger partial charge on any atom is 0.165 e. The van der Waals surface area contributed by atoms with Crippen LogP contribution in [0.2, 0.25) is 0 Å². The molecule has 0 N–H and O–H groups in total. The summed E-state index contributed by atoms with van der Waals surface area (Å²) in [6.45, 7) is 0. The Kier molecular flexibility index (Phi) is 6.81. The fourth-order valence-electron chi connectivity index (χ4n) is 7.49. The lowest BCUT2D eigenvalue weighted by molar-refractivity contribution is 1.08. The van der Waals surface area contributed by atoms with E-state index < -0.39 is 0 Å². The van der Waals surface area contributed by atoms with Crippen molar-refractivity contribution >= 4 is 43.6 Å². The largest absolute Gasteiger partial charge is 0.292 e. The van der Waals surface area contributed by atoms with E-state index in [0.29, 0.717) is 0 Å². The van der Waals surface area contributed by atoms with Crippen molar-refractivity contribution < 1.29 is 0 Å². The van der Waals surface area contributed by atoms with E-state index in [2.05, 4.69) is 193 Å². The van der Waals surface area contributed by atoms with Crippen LogP contribution >= 0.6 is 0 Å². The molecule has 3 nitrogen and oxygen atoms in total. The molecule has 10 aromatic rings. The molecule has 3 heteroatoms. The van der Waals surface area contributed by atoms with Gasteiger partial charge in [0.1, 0.15) is 5.69 Å². The second-order valence-electron chi connectivity index (χ2n) is 13.0. The zero-order valence-electron chi connectivity index (χ0n) is 27.7. The molecule has 51 heavy (non-hydrogen) atoms. The summed E-state index contributed by atoms with van der Waals surface area (Å²) in [7, 11) is 0. The highest BCUT2D eigenvalue weighted by molar-refractivity contribution is 6.14. The van der Waals surface area contributed by atoms with Crippen LogP contribution in [0, 0.1) is 0 Å². The lowest BCUT2D eigenvalue weighted by Gasteiger charge is -2.17. The van der Waals surface area contributed by atoms with Gasteiger partial charge in [-0.15, -0.1) is 0 Å². The molecule has 0 radical (unpaired) electrons. The van der Waals surface area contributed by atoms with Crippen LogP contribution in [0.5, 0.6) is 0 Å². The van der Waals surface area contributed by atoms with Crippen molar-refractivity contribution in [2.75, 3.05) is 0 Å². The lowest BCUT2D eigenvalue weighted by Crippen LogP contribution is -2.04. The van der Waals surface area contributed by atoms with Gasteiger partial charge in [-0.3, -0.25) is 4.57 Å². The molecule has 0 aliphatic heterocycles. The third-order valence-electron chi connectivity index (χ3n) is 9.97. The van der Waals surface area contributed by atoms with E-state index in [4.69, 9.17) is 9.97 Å². The van der Waals surface area contributed by atoms with E-state index in [-0.39, 0.29) is 0 Å². The van der Waals surface area contributed by atoms with E-state index >= 15 is 0 Å². The summed E-state index contributed by atoms with van der Waals surface area (Å²) in [4.78, 5) is 11.1. The lowest BCUT2D eigenvalue weighted by atomic mass is 9.93. The molecule has 0 bridgehead atoms. The Hall–Kier alpha value is -6.84. The van der Waals surface area contributed by atoms with Crippen LogP contribution in [-0.2, 0) is 0 Å². The summed E-state index contributed by atoms with van der Waals surface area (Å²) < 4.78 is 2.32. The maximum atomic E-state index is 5.58. The molecular weight excluding hydrogens is 619 g/mol. The summed E-state index contributed by atoms with van der Waals surface area (Å²) in [5.41, 5.74) is 12.7. The number of aromatic nitrogens is 3. The Bertz CT molecular complexity index is 2870. The summed E-state index contributed by atoms with van der Waals surface area (Å²) in [5, 5.41) is 4.79. The first-order chi connectivity index (χ1) is 25.3. The highest BCUT2D eigenvalue weighted by atomic mass is 15.1. The minimum absolute atomic E-state index is 0.808. The first-order valence-corrected chi connectivity index (χ1v) is 17.3. The van der Waals surface area contributed by atoms with Gasteiger partial charge >= 0.3 is 0 Å². The van der Waals surface area contributed by atoms with Gasteiger partial charge in [0, 0.05) is 16.3 Å². The molecule has 238 valence electrons. The van der Waals surface area contributed by atoms with Crippen LogP contribution in [-0.4, -0.2) is 14.5 Å². The van der Waals surface area contributed by atoms with Gasteiger partial charge in [0.05, 0.1) is 22.1 Å². The Morgan fingerprint density at radius 2 is 0.824 bits per heavy atom. The quantitative estimate of drug-likeness (QED) is 0.186. The Morgan fingerprint density at radius 1 is 0.333 bits per heavy atom. The average Bonchev–Trinajstić information content (AvgIpc) is 3.53. The molecule has 0 atom stereocenters. The van der Waals surface area contributed by atoms with Crippen molar-refractivity contribution in [3.8, 4) is 50.5 Å². The van der Waals surface area contributed by atoms with Gasteiger partial charge in [0.25, 0.3) is 0 Å². The minimum atomic E-state index is 0.808. The second-order valence-corrected chi connectivity index (χ2v) is 13.0. The van der Waals surface area contributed by atoms with Gasteiger partial charge in [0.2, 0.25) is 0 Å². The van der Waals surface area contributed by atoms with E-state index in [9.17, 15) is 0 Å². The Morgan fingerprint density at radius 3 is 1.47 bits per heavy atom. The van der Waals surface area contributed by atoms with Crippen molar-refractivity contribution in [3.05, 3.63) is 188 Å². The van der Waals surface area contributed by atoms with Crippen molar-refractivity contribution in [1.82, 2.24) is 14.5 Å². The van der Waals surface area contributed by atoms with Gasteiger partial charge in [0.15, 0.2) is 5.82 Å². The molecule has 2 heterocycles. The van der Waals surface area contributed by atoms with Gasteiger partial charge in [-0.1, -0.05) is 158 Å². The summed E-state index contributed by atoms with van der Waals surface area (Å²) >= 11 is 0. The van der Waals surface area contributed by atoms with Gasteiger partial charge in [-0.05, 0) is 74.5 Å². The second kappa shape index (κ2) is 11.9. The van der Waals surface area contributed by atoms with E-state index in [1.807, 2.05) is 0 Å². The summed E-state index contributed by atoms with van der Waals surface area (Å²) in [6, 6.07) is 66.7. The Labute approximate surface area is 295 Å².